The van der Waals surface area contributed by atoms with Gasteiger partial charge in [-0.1, -0.05) is 0 Å². The highest BCUT2D eigenvalue weighted by molar-refractivity contribution is 14.1. The average molecular weight is 386 g/mol. The van der Waals surface area contributed by atoms with E-state index in [0.29, 0.717) is 0 Å². The topological polar surface area (TPSA) is 22.1 Å². The maximum Gasteiger partial charge on any atom is 0.574 e. The lowest BCUT2D eigenvalue weighted by Gasteiger charge is -2.08. The highest BCUT2D eigenvalue weighted by atomic mass is 127. The summed E-state index contributed by atoms with van der Waals surface area (Å²) in [5.74, 6) is -1.42. The van der Waals surface area contributed by atoms with E-state index < -0.39 is 18.1 Å². The molecule has 0 spiro atoms. The predicted molar refractivity (Wildman–Crippen MR) is 51.3 cm³/mol. The number of rotatable bonds is 1. The molecule has 0 bridgehead atoms. The summed E-state index contributed by atoms with van der Waals surface area (Å²) in [7, 11) is 0. The maximum absolute atomic E-state index is 12.9. The predicted octanol–water partition coefficient (Wildman–Crippen LogP) is 3.49. The molecule has 1 aromatic heterocycles. The summed E-state index contributed by atoms with van der Waals surface area (Å²) in [6, 6.07) is 0.811. The smallest absolute Gasteiger partial charge is 0.388 e. The second-order valence-electron chi connectivity index (χ2n) is 2.09. The van der Waals surface area contributed by atoms with Crippen molar-refractivity contribution in [2.24, 2.45) is 0 Å². The third kappa shape index (κ3) is 3.23. The number of hydrogen-bond acceptors (Lipinski definition) is 2. The molecule has 0 amide bonds. The van der Waals surface area contributed by atoms with Gasteiger partial charge in [0.15, 0.2) is 5.82 Å². The summed E-state index contributed by atoms with van der Waals surface area (Å²) in [6.45, 7) is 0. The first-order valence-corrected chi connectivity index (χ1v) is 4.94. The minimum atomic E-state index is -4.83. The molecule has 0 radical (unpaired) electrons. The molecule has 0 aliphatic heterocycles. The Kier molecular flexibility index (Phi) is 3.56. The minimum absolute atomic E-state index is 0.129. The highest BCUT2D eigenvalue weighted by Gasteiger charge is 2.32. The Morgan fingerprint density at radius 1 is 1.43 bits per heavy atom. The van der Waals surface area contributed by atoms with Crippen LogP contribution in [0.3, 0.4) is 0 Å². The van der Waals surface area contributed by atoms with E-state index in [0.717, 1.165) is 6.07 Å². The van der Waals surface area contributed by atoms with Crippen molar-refractivity contribution in [3.05, 3.63) is 20.1 Å². The number of alkyl halides is 3. The van der Waals surface area contributed by atoms with Gasteiger partial charge in [0, 0.05) is 6.07 Å². The standard InChI is InChI=1S/C6HBrF4INO/c7-2-1-3(14-6(9,10)11)13-5(12)4(2)8/h1H. The fraction of sp³-hybridized carbons (Fsp3) is 0.167. The van der Waals surface area contributed by atoms with Gasteiger partial charge >= 0.3 is 6.36 Å². The molecule has 0 saturated heterocycles. The van der Waals surface area contributed by atoms with E-state index in [4.69, 9.17) is 0 Å². The van der Waals surface area contributed by atoms with E-state index in [1.165, 1.54) is 22.6 Å². The number of nitrogens with zero attached hydrogens (tertiary/aromatic N) is 1. The van der Waals surface area contributed by atoms with Gasteiger partial charge in [-0.25, -0.2) is 9.37 Å². The van der Waals surface area contributed by atoms with Crippen molar-refractivity contribution in [3.8, 4) is 5.88 Å². The van der Waals surface area contributed by atoms with E-state index >= 15 is 0 Å². The van der Waals surface area contributed by atoms with Crippen molar-refractivity contribution >= 4 is 38.5 Å². The van der Waals surface area contributed by atoms with Gasteiger partial charge in [-0.3, -0.25) is 0 Å². The molecule has 1 rings (SSSR count). The fourth-order valence-corrected chi connectivity index (χ4v) is 1.90. The van der Waals surface area contributed by atoms with E-state index in [9.17, 15) is 17.6 Å². The molecular formula is C6HBrF4INO. The Labute approximate surface area is 97.9 Å². The highest BCUT2D eigenvalue weighted by Crippen LogP contribution is 2.27. The number of hydrogen-bond donors (Lipinski definition) is 0. The van der Waals surface area contributed by atoms with Crippen molar-refractivity contribution in [1.82, 2.24) is 4.98 Å². The van der Waals surface area contributed by atoms with Gasteiger partial charge in [0.25, 0.3) is 0 Å². The van der Waals surface area contributed by atoms with Crippen LogP contribution in [0.1, 0.15) is 0 Å². The van der Waals surface area contributed by atoms with Gasteiger partial charge in [-0.15, -0.1) is 13.2 Å². The molecule has 2 nitrogen and oxygen atoms in total. The summed E-state index contributed by atoms with van der Waals surface area (Å²) < 4.78 is 51.3. The molecule has 0 aliphatic rings. The van der Waals surface area contributed by atoms with Gasteiger partial charge in [0.1, 0.15) is 3.70 Å². The van der Waals surface area contributed by atoms with Crippen LogP contribution in [0.15, 0.2) is 10.5 Å². The summed E-state index contributed by atoms with van der Waals surface area (Å²) >= 11 is 4.20. The van der Waals surface area contributed by atoms with E-state index in [2.05, 4.69) is 25.7 Å². The van der Waals surface area contributed by atoms with E-state index in [-0.39, 0.29) is 8.17 Å². The van der Waals surface area contributed by atoms with Gasteiger partial charge in [0.2, 0.25) is 5.88 Å². The molecule has 0 N–H and O–H groups in total. The second-order valence-corrected chi connectivity index (χ2v) is 3.97. The first-order valence-electron chi connectivity index (χ1n) is 3.07. The van der Waals surface area contributed by atoms with Crippen LogP contribution in [0.25, 0.3) is 0 Å². The lowest BCUT2D eigenvalue weighted by atomic mass is 10.5. The third-order valence-corrected chi connectivity index (χ3v) is 2.36. The monoisotopic (exact) mass is 385 g/mol. The quantitative estimate of drug-likeness (QED) is 0.419. The Bertz CT molecular complexity index is 333. The molecule has 78 valence electrons. The summed E-state index contributed by atoms with van der Waals surface area (Å²) in [5.41, 5.74) is 0. The zero-order valence-corrected chi connectivity index (χ0v) is 9.94. The molecule has 0 unspecified atom stereocenters. The lowest BCUT2D eigenvalue weighted by molar-refractivity contribution is -0.276. The molecule has 0 saturated carbocycles. The van der Waals surface area contributed by atoms with Crippen LogP contribution in [0.2, 0.25) is 0 Å². The van der Waals surface area contributed by atoms with Crippen LogP contribution in [0.4, 0.5) is 17.6 Å². The van der Waals surface area contributed by atoms with Crippen molar-refractivity contribution in [2.45, 2.75) is 6.36 Å². The third-order valence-electron chi connectivity index (χ3n) is 1.07. The number of aromatic nitrogens is 1. The normalized spacial score (nSPS) is 11.6. The van der Waals surface area contributed by atoms with Crippen molar-refractivity contribution in [1.29, 1.82) is 0 Å². The Morgan fingerprint density at radius 2 is 2.00 bits per heavy atom. The number of halogens is 6. The van der Waals surface area contributed by atoms with Gasteiger partial charge in [0.05, 0.1) is 4.47 Å². The second kappa shape index (κ2) is 4.17. The van der Waals surface area contributed by atoms with Crippen molar-refractivity contribution in [2.75, 3.05) is 0 Å². The van der Waals surface area contributed by atoms with Crippen LogP contribution < -0.4 is 4.74 Å². The van der Waals surface area contributed by atoms with Crippen LogP contribution in [-0.2, 0) is 0 Å². The molecule has 8 heteroatoms. The summed E-state index contributed by atoms with van der Waals surface area (Å²) in [6.07, 6.45) is -4.83. The largest absolute Gasteiger partial charge is 0.574 e. The molecule has 1 aromatic rings. The van der Waals surface area contributed by atoms with E-state index in [1.54, 1.807) is 0 Å². The van der Waals surface area contributed by atoms with E-state index in [1.807, 2.05) is 0 Å². The Hall–Kier alpha value is -0.120. The number of pyridine rings is 1. The summed E-state index contributed by atoms with van der Waals surface area (Å²) in [4.78, 5) is 3.26. The SMILES string of the molecule is Fc1c(Br)cc(OC(F)(F)F)nc1I. The lowest BCUT2D eigenvalue weighted by Crippen LogP contribution is -2.18. The van der Waals surface area contributed by atoms with Crippen molar-refractivity contribution in [3.63, 3.8) is 0 Å². The molecule has 14 heavy (non-hydrogen) atoms. The van der Waals surface area contributed by atoms with Crippen LogP contribution in [0.5, 0.6) is 5.88 Å². The first-order chi connectivity index (χ1) is 6.29. The molecule has 1 heterocycles. The zero-order valence-electron chi connectivity index (χ0n) is 6.20. The molecule has 0 aliphatic carbocycles. The maximum atomic E-state index is 12.9. The fourth-order valence-electron chi connectivity index (χ4n) is 0.619. The van der Waals surface area contributed by atoms with Crippen LogP contribution in [-0.4, -0.2) is 11.3 Å². The Morgan fingerprint density at radius 3 is 2.43 bits per heavy atom. The molecule has 0 atom stereocenters. The average Bonchev–Trinajstić information content (AvgIpc) is 1.96. The summed E-state index contributed by atoms with van der Waals surface area (Å²) in [5, 5.41) is 0. The van der Waals surface area contributed by atoms with Crippen LogP contribution in [0, 0.1) is 9.52 Å². The van der Waals surface area contributed by atoms with Crippen molar-refractivity contribution < 1.29 is 22.3 Å². The van der Waals surface area contributed by atoms with Crippen LogP contribution >= 0.6 is 38.5 Å². The number of ether oxygens (including phenoxy) is 1. The molecule has 0 aromatic carbocycles. The minimum Gasteiger partial charge on any atom is -0.388 e. The Balaban J connectivity index is 3.02. The first kappa shape index (κ1) is 12.0. The van der Waals surface area contributed by atoms with Gasteiger partial charge in [-0.05, 0) is 38.5 Å². The zero-order chi connectivity index (χ0) is 10.9. The molecular weight excluding hydrogens is 385 g/mol. The van der Waals surface area contributed by atoms with Gasteiger partial charge in [-0.2, -0.15) is 0 Å². The van der Waals surface area contributed by atoms with Gasteiger partial charge < -0.3 is 4.74 Å². The molecule has 0 fully saturated rings.